The summed E-state index contributed by atoms with van der Waals surface area (Å²) in [6, 6.07) is 6.18. The van der Waals surface area contributed by atoms with Gasteiger partial charge in [0.05, 0.1) is 11.5 Å². The molecule has 0 aliphatic carbocycles. The van der Waals surface area contributed by atoms with Crippen molar-refractivity contribution in [1.82, 2.24) is 9.62 Å². The summed E-state index contributed by atoms with van der Waals surface area (Å²) >= 11 is 0. The number of rotatable bonds is 6. The van der Waals surface area contributed by atoms with Gasteiger partial charge in [-0.25, -0.2) is 13.1 Å². The van der Waals surface area contributed by atoms with Gasteiger partial charge in [-0.05, 0) is 37.5 Å². The fourth-order valence-corrected chi connectivity index (χ4v) is 3.50. The molecule has 0 radical (unpaired) electrons. The van der Waals surface area contributed by atoms with Crippen molar-refractivity contribution in [3.05, 3.63) is 29.8 Å². The van der Waals surface area contributed by atoms with Gasteiger partial charge in [0.25, 0.3) is 5.91 Å². The van der Waals surface area contributed by atoms with Crippen molar-refractivity contribution in [2.24, 2.45) is 0 Å². The van der Waals surface area contributed by atoms with E-state index < -0.39 is 10.0 Å². The highest BCUT2D eigenvalue weighted by molar-refractivity contribution is 7.89. The highest BCUT2D eigenvalue weighted by Gasteiger charge is 2.20. The van der Waals surface area contributed by atoms with Crippen LogP contribution < -0.4 is 4.72 Å². The zero-order valence-corrected chi connectivity index (χ0v) is 13.6. The van der Waals surface area contributed by atoms with Crippen molar-refractivity contribution in [2.75, 3.05) is 33.4 Å². The number of likely N-dealkylation sites (tertiary alicyclic amines) is 1. The molecule has 1 amide bonds. The monoisotopic (exact) mass is 326 g/mol. The fourth-order valence-electron chi connectivity index (χ4n) is 2.44. The standard InChI is InChI=1S/C15H22N2O4S/c1-21-11-8-16-22(19,20)14-7-5-6-13(12-14)15(18)17-9-3-2-4-10-17/h5-7,12,16H,2-4,8-11H2,1H3. The van der Waals surface area contributed by atoms with Crippen molar-refractivity contribution in [2.45, 2.75) is 24.2 Å². The van der Waals surface area contributed by atoms with E-state index in [1.165, 1.54) is 19.2 Å². The molecular formula is C15H22N2O4S. The predicted octanol–water partition coefficient (Wildman–Crippen LogP) is 1.24. The summed E-state index contributed by atoms with van der Waals surface area (Å²) in [5, 5.41) is 0. The molecule has 1 aromatic carbocycles. The molecule has 22 heavy (non-hydrogen) atoms. The van der Waals surface area contributed by atoms with Crippen LogP contribution in [-0.4, -0.2) is 52.6 Å². The molecule has 122 valence electrons. The van der Waals surface area contributed by atoms with Crippen LogP contribution in [0.2, 0.25) is 0 Å². The quantitative estimate of drug-likeness (QED) is 0.798. The lowest BCUT2D eigenvalue weighted by molar-refractivity contribution is 0.0724. The van der Waals surface area contributed by atoms with E-state index in [1.807, 2.05) is 0 Å². The molecule has 1 saturated heterocycles. The first-order valence-corrected chi connectivity index (χ1v) is 8.91. The van der Waals surface area contributed by atoms with Crippen LogP contribution in [0.3, 0.4) is 0 Å². The number of sulfonamides is 1. The molecule has 6 nitrogen and oxygen atoms in total. The minimum absolute atomic E-state index is 0.103. The maximum Gasteiger partial charge on any atom is 0.253 e. The number of piperidine rings is 1. The lowest BCUT2D eigenvalue weighted by atomic mass is 10.1. The SMILES string of the molecule is COCCNS(=O)(=O)c1cccc(C(=O)N2CCCCC2)c1. The molecule has 1 N–H and O–H groups in total. The summed E-state index contributed by atoms with van der Waals surface area (Å²) in [6.45, 7) is 1.97. The van der Waals surface area contributed by atoms with Crippen molar-refractivity contribution in [3.8, 4) is 0 Å². The van der Waals surface area contributed by atoms with Crippen molar-refractivity contribution >= 4 is 15.9 Å². The van der Waals surface area contributed by atoms with Crippen LogP contribution in [0.4, 0.5) is 0 Å². The predicted molar refractivity (Wildman–Crippen MR) is 83.3 cm³/mol. The fraction of sp³-hybridized carbons (Fsp3) is 0.533. The number of methoxy groups -OCH3 is 1. The average Bonchev–Trinajstić information content (AvgIpc) is 2.55. The van der Waals surface area contributed by atoms with E-state index in [2.05, 4.69) is 4.72 Å². The number of carbonyl (C=O) groups is 1. The largest absolute Gasteiger partial charge is 0.383 e. The highest BCUT2D eigenvalue weighted by atomic mass is 32.2. The van der Waals surface area contributed by atoms with Crippen LogP contribution >= 0.6 is 0 Å². The molecule has 1 aliphatic heterocycles. The van der Waals surface area contributed by atoms with Crippen LogP contribution in [-0.2, 0) is 14.8 Å². The number of amides is 1. The number of benzene rings is 1. The number of ether oxygens (including phenoxy) is 1. The normalized spacial score (nSPS) is 15.8. The Morgan fingerprint density at radius 3 is 2.68 bits per heavy atom. The lowest BCUT2D eigenvalue weighted by Crippen LogP contribution is -2.35. The first kappa shape index (κ1) is 16.9. The third kappa shape index (κ3) is 4.28. The van der Waals surface area contributed by atoms with Gasteiger partial charge in [0.15, 0.2) is 0 Å². The Hall–Kier alpha value is -1.44. The lowest BCUT2D eigenvalue weighted by Gasteiger charge is -2.26. The summed E-state index contributed by atoms with van der Waals surface area (Å²) in [7, 11) is -2.11. The van der Waals surface area contributed by atoms with Crippen LogP contribution in [0.25, 0.3) is 0 Å². The molecule has 0 saturated carbocycles. The molecule has 1 fully saturated rings. The maximum absolute atomic E-state index is 12.4. The molecule has 0 bridgehead atoms. The smallest absolute Gasteiger partial charge is 0.253 e. The van der Waals surface area contributed by atoms with Crippen LogP contribution in [0.15, 0.2) is 29.2 Å². The van der Waals surface area contributed by atoms with E-state index in [0.717, 1.165) is 32.4 Å². The first-order valence-electron chi connectivity index (χ1n) is 7.42. The third-order valence-electron chi connectivity index (χ3n) is 3.63. The molecule has 1 aromatic rings. The Morgan fingerprint density at radius 2 is 2.00 bits per heavy atom. The van der Waals surface area contributed by atoms with Crippen molar-refractivity contribution in [3.63, 3.8) is 0 Å². The Morgan fingerprint density at radius 1 is 1.27 bits per heavy atom. The van der Waals surface area contributed by atoms with Gasteiger partial charge in [-0.3, -0.25) is 4.79 Å². The molecule has 1 aliphatic rings. The topological polar surface area (TPSA) is 75.7 Å². The zero-order valence-electron chi connectivity index (χ0n) is 12.7. The van der Waals surface area contributed by atoms with E-state index >= 15 is 0 Å². The van der Waals surface area contributed by atoms with Crippen LogP contribution in [0, 0.1) is 0 Å². The molecule has 0 spiro atoms. The van der Waals surface area contributed by atoms with E-state index in [-0.39, 0.29) is 17.3 Å². The van der Waals surface area contributed by atoms with Gasteiger partial charge in [0.2, 0.25) is 10.0 Å². The Bertz CT molecular complexity index is 610. The second kappa shape index (κ2) is 7.71. The molecule has 1 heterocycles. The molecule has 0 aromatic heterocycles. The Balaban J connectivity index is 2.13. The summed E-state index contributed by atoms with van der Waals surface area (Å²) in [5.41, 5.74) is 0.413. The Kier molecular flexibility index (Phi) is 5.93. The molecule has 2 rings (SSSR count). The molecule has 0 unspecified atom stereocenters. The average molecular weight is 326 g/mol. The minimum Gasteiger partial charge on any atom is -0.383 e. The summed E-state index contributed by atoms with van der Waals surface area (Å²) < 4.78 is 31.6. The van der Waals surface area contributed by atoms with Gasteiger partial charge in [-0.2, -0.15) is 0 Å². The van der Waals surface area contributed by atoms with Gasteiger partial charge >= 0.3 is 0 Å². The summed E-state index contributed by atoms with van der Waals surface area (Å²) in [6.07, 6.45) is 3.15. The van der Waals surface area contributed by atoms with Gasteiger partial charge < -0.3 is 9.64 Å². The van der Waals surface area contributed by atoms with E-state index in [9.17, 15) is 13.2 Å². The van der Waals surface area contributed by atoms with Crippen molar-refractivity contribution in [1.29, 1.82) is 0 Å². The number of carbonyl (C=O) groups excluding carboxylic acids is 1. The van der Waals surface area contributed by atoms with Gasteiger partial charge in [-0.1, -0.05) is 6.07 Å². The Labute approximate surface area is 131 Å². The number of nitrogens with one attached hydrogen (secondary N) is 1. The van der Waals surface area contributed by atoms with Crippen LogP contribution in [0.5, 0.6) is 0 Å². The zero-order chi connectivity index (χ0) is 16.0. The molecule has 7 heteroatoms. The maximum atomic E-state index is 12.4. The van der Waals surface area contributed by atoms with Gasteiger partial charge in [0.1, 0.15) is 0 Å². The summed E-state index contributed by atoms with van der Waals surface area (Å²) in [4.78, 5) is 14.3. The number of hydrogen-bond acceptors (Lipinski definition) is 4. The minimum atomic E-state index is -3.62. The molecule has 0 atom stereocenters. The molecular weight excluding hydrogens is 304 g/mol. The van der Waals surface area contributed by atoms with E-state index in [4.69, 9.17) is 4.74 Å². The number of nitrogens with zero attached hydrogens (tertiary/aromatic N) is 1. The van der Waals surface area contributed by atoms with Gasteiger partial charge in [0, 0.05) is 32.3 Å². The van der Waals surface area contributed by atoms with Crippen LogP contribution in [0.1, 0.15) is 29.6 Å². The van der Waals surface area contributed by atoms with E-state index in [0.29, 0.717) is 12.2 Å². The second-order valence-electron chi connectivity index (χ2n) is 5.27. The van der Waals surface area contributed by atoms with Gasteiger partial charge in [-0.15, -0.1) is 0 Å². The number of hydrogen-bond donors (Lipinski definition) is 1. The third-order valence-corrected chi connectivity index (χ3v) is 5.09. The second-order valence-corrected chi connectivity index (χ2v) is 7.04. The highest BCUT2D eigenvalue weighted by Crippen LogP contribution is 2.16. The summed E-state index contributed by atoms with van der Waals surface area (Å²) in [5.74, 6) is -0.103. The first-order chi connectivity index (χ1) is 10.5. The van der Waals surface area contributed by atoms with E-state index in [1.54, 1.807) is 17.0 Å². The van der Waals surface area contributed by atoms with Crippen molar-refractivity contribution < 1.29 is 17.9 Å².